The summed E-state index contributed by atoms with van der Waals surface area (Å²) in [5, 5.41) is 3.73. The average Bonchev–Trinajstić information content (AvgIpc) is 3.31. The molecule has 1 N–H and O–H groups in total. The lowest BCUT2D eigenvalue weighted by atomic mass is 10.2. The van der Waals surface area contributed by atoms with Crippen molar-refractivity contribution in [3.05, 3.63) is 53.3 Å². The summed E-state index contributed by atoms with van der Waals surface area (Å²) in [6, 6.07) is 10.7. The third kappa shape index (κ3) is 3.29. The number of ether oxygens (including phenoxy) is 1. The van der Waals surface area contributed by atoms with E-state index in [4.69, 9.17) is 9.15 Å². The Morgan fingerprint density at radius 3 is 2.72 bits per heavy atom. The minimum absolute atomic E-state index is 0.0330. The van der Waals surface area contributed by atoms with Gasteiger partial charge < -0.3 is 19.4 Å². The van der Waals surface area contributed by atoms with Gasteiger partial charge in [-0.1, -0.05) is 0 Å². The molecule has 6 nitrogen and oxygen atoms in total. The Morgan fingerprint density at radius 2 is 1.96 bits per heavy atom. The maximum atomic E-state index is 12.6. The topological polar surface area (TPSA) is 71.8 Å². The van der Waals surface area contributed by atoms with E-state index >= 15 is 0 Å². The highest BCUT2D eigenvalue weighted by Gasteiger charge is 2.20. The fourth-order valence-corrected chi connectivity index (χ4v) is 3.76. The van der Waals surface area contributed by atoms with Gasteiger partial charge in [0.15, 0.2) is 5.76 Å². The SMILES string of the molecule is O=C(Nc1ccc2sc(C(=O)N3CCOCC3)cc2c1)c1ccco1. The fraction of sp³-hybridized carbons (Fsp3) is 0.222. The third-order valence-corrected chi connectivity index (χ3v) is 5.13. The molecule has 0 radical (unpaired) electrons. The van der Waals surface area contributed by atoms with Gasteiger partial charge in [-0.2, -0.15) is 0 Å². The maximum Gasteiger partial charge on any atom is 0.291 e. The van der Waals surface area contributed by atoms with Crippen molar-refractivity contribution >= 4 is 38.9 Å². The molecule has 3 heterocycles. The fourth-order valence-electron chi connectivity index (χ4n) is 2.75. The van der Waals surface area contributed by atoms with Gasteiger partial charge in [0.05, 0.1) is 24.4 Å². The smallest absolute Gasteiger partial charge is 0.291 e. The zero-order chi connectivity index (χ0) is 17.2. The van der Waals surface area contributed by atoms with Crippen LogP contribution in [0, 0.1) is 0 Å². The number of nitrogens with one attached hydrogen (secondary N) is 1. The summed E-state index contributed by atoms with van der Waals surface area (Å²) < 4.78 is 11.4. The van der Waals surface area contributed by atoms with E-state index in [9.17, 15) is 9.59 Å². The van der Waals surface area contributed by atoms with E-state index in [0.717, 1.165) is 10.1 Å². The molecule has 1 saturated heterocycles. The second kappa shape index (κ2) is 6.70. The van der Waals surface area contributed by atoms with Gasteiger partial charge in [-0.15, -0.1) is 11.3 Å². The van der Waals surface area contributed by atoms with Crippen LogP contribution in [0.3, 0.4) is 0 Å². The molecule has 2 amide bonds. The number of furan rings is 1. The van der Waals surface area contributed by atoms with Gasteiger partial charge in [-0.3, -0.25) is 9.59 Å². The van der Waals surface area contributed by atoms with Gasteiger partial charge in [-0.25, -0.2) is 0 Å². The van der Waals surface area contributed by atoms with Gasteiger partial charge in [-0.05, 0) is 41.8 Å². The first kappa shape index (κ1) is 15.9. The summed E-state index contributed by atoms with van der Waals surface area (Å²) in [5.74, 6) is -0.0107. The third-order valence-electron chi connectivity index (χ3n) is 4.03. The van der Waals surface area contributed by atoms with E-state index in [1.807, 2.05) is 29.2 Å². The second-order valence-corrected chi connectivity index (χ2v) is 6.78. The molecule has 0 aliphatic carbocycles. The van der Waals surface area contributed by atoms with Crippen molar-refractivity contribution in [1.82, 2.24) is 4.90 Å². The zero-order valence-corrected chi connectivity index (χ0v) is 14.2. The first-order valence-corrected chi connectivity index (χ1v) is 8.78. The van der Waals surface area contributed by atoms with Crippen LogP contribution in [0.5, 0.6) is 0 Å². The zero-order valence-electron chi connectivity index (χ0n) is 13.4. The van der Waals surface area contributed by atoms with Crippen LogP contribution >= 0.6 is 11.3 Å². The summed E-state index contributed by atoms with van der Waals surface area (Å²) in [7, 11) is 0. The van der Waals surface area contributed by atoms with E-state index in [-0.39, 0.29) is 17.6 Å². The van der Waals surface area contributed by atoms with Crippen molar-refractivity contribution in [3.8, 4) is 0 Å². The molecule has 1 aromatic carbocycles. The molecule has 2 aromatic heterocycles. The van der Waals surface area contributed by atoms with E-state index < -0.39 is 0 Å². The van der Waals surface area contributed by atoms with E-state index in [0.29, 0.717) is 36.9 Å². The number of benzene rings is 1. The maximum absolute atomic E-state index is 12.6. The van der Waals surface area contributed by atoms with E-state index in [1.54, 1.807) is 12.1 Å². The second-order valence-electron chi connectivity index (χ2n) is 5.70. The van der Waals surface area contributed by atoms with Crippen LogP contribution in [0.15, 0.2) is 47.1 Å². The normalized spacial score (nSPS) is 14.6. The number of nitrogens with zero attached hydrogens (tertiary/aromatic N) is 1. The highest BCUT2D eigenvalue weighted by atomic mass is 32.1. The van der Waals surface area contributed by atoms with Crippen LogP contribution in [-0.4, -0.2) is 43.0 Å². The Kier molecular flexibility index (Phi) is 4.25. The number of amides is 2. The number of carbonyl (C=O) groups is 2. The molecule has 1 aliphatic heterocycles. The Labute approximate surface area is 148 Å². The molecule has 3 aromatic rings. The molecule has 128 valence electrons. The molecule has 0 spiro atoms. The highest BCUT2D eigenvalue weighted by Crippen LogP contribution is 2.29. The van der Waals surface area contributed by atoms with Gasteiger partial charge in [0.2, 0.25) is 0 Å². The number of hydrogen-bond donors (Lipinski definition) is 1. The molecule has 0 bridgehead atoms. The van der Waals surface area contributed by atoms with Gasteiger partial charge >= 0.3 is 0 Å². The molecular weight excluding hydrogens is 340 g/mol. The average molecular weight is 356 g/mol. The molecule has 0 saturated carbocycles. The molecule has 0 atom stereocenters. The van der Waals surface area contributed by atoms with Crippen molar-refractivity contribution in [2.45, 2.75) is 0 Å². The molecule has 25 heavy (non-hydrogen) atoms. The van der Waals surface area contributed by atoms with Crippen molar-refractivity contribution in [1.29, 1.82) is 0 Å². The number of fused-ring (bicyclic) bond motifs is 1. The summed E-state index contributed by atoms with van der Waals surface area (Å²) in [4.78, 5) is 27.2. The minimum atomic E-state index is -0.302. The number of morpholine rings is 1. The lowest BCUT2D eigenvalue weighted by Gasteiger charge is -2.26. The summed E-state index contributed by atoms with van der Waals surface area (Å²) >= 11 is 1.46. The monoisotopic (exact) mass is 356 g/mol. The first-order valence-electron chi connectivity index (χ1n) is 7.96. The lowest BCUT2D eigenvalue weighted by Crippen LogP contribution is -2.40. The summed E-state index contributed by atoms with van der Waals surface area (Å²) in [6.45, 7) is 2.41. The quantitative estimate of drug-likeness (QED) is 0.782. The van der Waals surface area contributed by atoms with Crippen molar-refractivity contribution in [2.75, 3.05) is 31.6 Å². The van der Waals surface area contributed by atoms with Crippen molar-refractivity contribution < 1.29 is 18.7 Å². The van der Waals surface area contributed by atoms with Crippen LogP contribution in [0.25, 0.3) is 10.1 Å². The number of thiophene rings is 1. The number of hydrogen-bond acceptors (Lipinski definition) is 5. The predicted molar refractivity (Wildman–Crippen MR) is 95.2 cm³/mol. The number of anilines is 1. The predicted octanol–water partition coefficient (Wildman–Crippen LogP) is 3.22. The van der Waals surface area contributed by atoms with Gasteiger partial charge in [0.1, 0.15) is 0 Å². The standard InChI is InChI=1S/C18H16N2O4S/c21-17(14-2-1-7-24-14)19-13-3-4-15-12(10-13)11-16(25-15)18(22)20-5-8-23-9-6-20/h1-4,7,10-11H,5-6,8-9H2,(H,19,21). The van der Waals surface area contributed by atoms with Gasteiger partial charge in [0.25, 0.3) is 11.8 Å². The highest BCUT2D eigenvalue weighted by molar-refractivity contribution is 7.20. The molecular formula is C18H16N2O4S. The van der Waals surface area contributed by atoms with Gasteiger partial charge in [0, 0.05) is 23.5 Å². The van der Waals surface area contributed by atoms with Crippen LogP contribution < -0.4 is 5.32 Å². The van der Waals surface area contributed by atoms with E-state index in [2.05, 4.69) is 5.32 Å². The molecule has 4 rings (SSSR count). The van der Waals surface area contributed by atoms with Crippen LogP contribution in [-0.2, 0) is 4.74 Å². The Morgan fingerprint density at radius 1 is 1.12 bits per heavy atom. The Balaban J connectivity index is 1.54. The first-order chi connectivity index (χ1) is 12.2. The number of rotatable bonds is 3. The number of carbonyl (C=O) groups excluding carboxylic acids is 2. The minimum Gasteiger partial charge on any atom is -0.459 e. The van der Waals surface area contributed by atoms with Crippen molar-refractivity contribution in [3.63, 3.8) is 0 Å². The Bertz CT molecular complexity index is 910. The van der Waals surface area contributed by atoms with Crippen molar-refractivity contribution in [2.24, 2.45) is 0 Å². The molecule has 1 aliphatic rings. The largest absolute Gasteiger partial charge is 0.459 e. The summed E-state index contributed by atoms with van der Waals surface area (Å²) in [6.07, 6.45) is 1.46. The summed E-state index contributed by atoms with van der Waals surface area (Å²) in [5.41, 5.74) is 0.664. The van der Waals surface area contributed by atoms with Crippen LogP contribution in [0.2, 0.25) is 0 Å². The Hall–Kier alpha value is -2.64. The van der Waals surface area contributed by atoms with Crippen LogP contribution in [0.1, 0.15) is 20.2 Å². The molecule has 7 heteroatoms. The van der Waals surface area contributed by atoms with Crippen LogP contribution in [0.4, 0.5) is 5.69 Å². The molecule has 0 unspecified atom stereocenters. The van der Waals surface area contributed by atoms with E-state index in [1.165, 1.54) is 17.6 Å². The molecule has 1 fully saturated rings. The lowest BCUT2D eigenvalue weighted by molar-refractivity contribution is 0.0306.